The Balaban J connectivity index is 1.49. The number of oxazole rings is 1. The third-order valence-corrected chi connectivity index (χ3v) is 4.92. The number of benzene rings is 1. The van der Waals surface area contributed by atoms with Gasteiger partial charge in [-0.15, -0.1) is 11.3 Å². The lowest BCUT2D eigenvalue weighted by Gasteiger charge is -2.13. The number of ether oxygens (including phenoxy) is 1. The van der Waals surface area contributed by atoms with Crippen molar-refractivity contribution < 1.29 is 9.15 Å². The van der Waals surface area contributed by atoms with Crippen LogP contribution in [-0.4, -0.2) is 31.6 Å². The maximum Gasteiger partial charge on any atom is 0.236 e. The summed E-state index contributed by atoms with van der Waals surface area (Å²) < 4.78 is 11.0. The predicted molar refractivity (Wildman–Crippen MR) is 109 cm³/mol. The lowest BCUT2D eigenvalue weighted by Crippen LogP contribution is -2.37. The van der Waals surface area contributed by atoms with Gasteiger partial charge in [-0.3, -0.25) is 4.99 Å². The van der Waals surface area contributed by atoms with Crippen molar-refractivity contribution in [3.8, 4) is 16.5 Å². The molecule has 27 heavy (non-hydrogen) atoms. The van der Waals surface area contributed by atoms with Crippen molar-refractivity contribution in [2.45, 2.75) is 19.9 Å². The first-order valence-electron chi connectivity index (χ1n) is 8.76. The van der Waals surface area contributed by atoms with E-state index in [-0.39, 0.29) is 0 Å². The van der Waals surface area contributed by atoms with E-state index in [2.05, 4.69) is 39.7 Å². The molecule has 6 nitrogen and oxygen atoms in total. The Morgan fingerprint density at radius 2 is 2.19 bits per heavy atom. The summed E-state index contributed by atoms with van der Waals surface area (Å²) in [5, 5.41) is 8.59. The molecular formula is C20H24N4O2S. The minimum absolute atomic E-state index is 0.544. The Hall–Kier alpha value is -2.80. The van der Waals surface area contributed by atoms with E-state index in [0.717, 1.165) is 35.2 Å². The number of nitrogens with zero attached hydrogens (tertiary/aromatic N) is 2. The molecule has 0 aliphatic rings. The SMILES string of the molecule is CN=C(NCCc1cc(C)ccc1OC)NCc1coc(-c2cccs2)n1. The van der Waals surface area contributed by atoms with Crippen molar-refractivity contribution in [1.29, 1.82) is 0 Å². The van der Waals surface area contributed by atoms with Crippen LogP contribution in [0.2, 0.25) is 0 Å². The molecule has 0 saturated heterocycles. The van der Waals surface area contributed by atoms with Crippen LogP contribution in [0.4, 0.5) is 0 Å². The number of nitrogens with one attached hydrogen (secondary N) is 2. The highest BCUT2D eigenvalue weighted by Gasteiger charge is 2.08. The Kier molecular flexibility index (Phi) is 6.49. The molecule has 3 rings (SSSR count). The Morgan fingerprint density at radius 3 is 2.93 bits per heavy atom. The van der Waals surface area contributed by atoms with Crippen LogP contribution >= 0.6 is 11.3 Å². The van der Waals surface area contributed by atoms with Crippen LogP contribution in [0, 0.1) is 6.92 Å². The molecule has 1 aromatic carbocycles. The summed E-state index contributed by atoms with van der Waals surface area (Å²) in [7, 11) is 3.45. The van der Waals surface area contributed by atoms with E-state index < -0.39 is 0 Å². The van der Waals surface area contributed by atoms with Crippen molar-refractivity contribution in [2.75, 3.05) is 20.7 Å². The van der Waals surface area contributed by atoms with Gasteiger partial charge in [-0.25, -0.2) is 4.98 Å². The monoisotopic (exact) mass is 384 g/mol. The van der Waals surface area contributed by atoms with E-state index in [1.165, 1.54) is 11.1 Å². The number of methoxy groups -OCH3 is 1. The summed E-state index contributed by atoms with van der Waals surface area (Å²) in [6.45, 7) is 3.38. The van der Waals surface area contributed by atoms with Crippen LogP contribution in [0.3, 0.4) is 0 Å². The Labute approximate surface area is 163 Å². The lowest BCUT2D eigenvalue weighted by atomic mass is 10.1. The third-order valence-electron chi connectivity index (χ3n) is 4.07. The number of thiophene rings is 1. The van der Waals surface area contributed by atoms with Crippen LogP contribution in [-0.2, 0) is 13.0 Å². The summed E-state index contributed by atoms with van der Waals surface area (Å²) >= 11 is 1.61. The standard InChI is InChI=1S/C20H24N4O2S/c1-14-6-7-17(25-3)15(11-14)8-9-22-20(21-2)23-12-16-13-26-19(24-16)18-5-4-10-27-18/h4-7,10-11,13H,8-9,12H2,1-3H3,(H2,21,22,23). The maximum atomic E-state index is 5.54. The number of hydrogen-bond acceptors (Lipinski definition) is 5. The molecule has 7 heteroatoms. The molecule has 0 amide bonds. The van der Waals surface area contributed by atoms with Gasteiger partial charge in [0, 0.05) is 13.6 Å². The largest absolute Gasteiger partial charge is 0.496 e. The molecule has 0 aliphatic heterocycles. The average molecular weight is 385 g/mol. The highest BCUT2D eigenvalue weighted by atomic mass is 32.1. The Bertz CT molecular complexity index is 887. The molecule has 0 aliphatic carbocycles. The molecular weight excluding hydrogens is 360 g/mol. The predicted octanol–water partition coefficient (Wildman–Crippen LogP) is 3.63. The minimum atomic E-state index is 0.544. The van der Waals surface area contributed by atoms with Gasteiger partial charge in [-0.05, 0) is 36.4 Å². The molecule has 0 saturated carbocycles. The molecule has 0 fully saturated rings. The van der Waals surface area contributed by atoms with Crippen molar-refractivity contribution in [2.24, 2.45) is 4.99 Å². The second-order valence-electron chi connectivity index (χ2n) is 6.04. The fourth-order valence-electron chi connectivity index (χ4n) is 2.71. The number of rotatable bonds is 7. The normalized spacial score (nSPS) is 11.4. The van der Waals surface area contributed by atoms with Crippen LogP contribution in [0.15, 0.2) is 51.4 Å². The van der Waals surface area contributed by atoms with Crippen molar-refractivity contribution in [1.82, 2.24) is 15.6 Å². The number of guanidine groups is 1. The first-order valence-corrected chi connectivity index (χ1v) is 9.64. The van der Waals surface area contributed by atoms with E-state index in [1.54, 1.807) is 31.8 Å². The fraction of sp³-hybridized carbons (Fsp3) is 0.300. The zero-order valence-electron chi connectivity index (χ0n) is 15.8. The van der Waals surface area contributed by atoms with E-state index in [1.807, 2.05) is 23.6 Å². The van der Waals surface area contributed by atoms with E-state index >= 15 is 0 Å². The summed E-state index contributed by atoms with van der Waals surface area (Å²) in [6, 6.07) is 10.2. The highest BCUT2D eigenvalue weighted by Crippen LogP contribution is 2.23. The van der Waals surface area contributed by atoms with Gasteiger partial charge in [-0.1, -0.05) is 23.8 Å². The zero-order chi connectivity index (χ0) is 19.1. The van der Waals surface area contributed by atoms with Crippen molar-refractivity contribution in [3.63, 3.8) is 0 Å². The maximum absolute atomic E-state index is 5.54. The van der Waals surface area contributed by atoms with E-state index in [4.69, 9.17) is 9.15 Å². The summed E-state index contributed by atoms with van der Waals surface area (Å²) in [4.78, 5) is 9.78. The molecule has 142 valence electrons. The van der Waals surface area contributed by atoms with Gasteiger partial charge in [0.25, 0.3) is 0 Å². The quantitative estimate of drug-likeness (QED) is 0.481. The molecule has 0 spiro atoms. The number of aromatic nitrogens is 1. The minimum Gasteiger partial charge on any atom is -0.496 e. The first kappa shape index (κ1) is 19.0. The van der Waals surface area contributed by atoms with Crippen molar-refractivity contribution in [3.05, 3.63) is 58.8 Å². The summed E-state index contributed by atoms with van der Waals surface area (Å²) in [5.74, 6) is 2.28. The van der Waals surface area contributed by atoms with Crippen molar-refractivity contribution >= 4 is 17.3 Å². The lowest BCUT2D eigenvalue weighted by molar-refractivity contribution is 0.409. The van der Waals surface area contributed by atoms with Gasteiger partial charge in [0.15, 0.2) is 5.96 Å². The van der Waals surface area contributed by atoms with Gasteiger partial charge in [0.1, 0.15) is 12.0 Å². The van der Waals surface area contributed by atoms with E-state index in [0.29, 0.717) is 12.4 Å². The van der Waals surface area contributed by atoms with Gasteiger partial charge < -0.3 is 19.8 Å². The second-order valence-corrected chi connectivity index (χ2v) is 6.99. The number of aliphatic imine (C=N–C) groups is 1. The van der Waals surface area contributed by atoms with Crippen LogP contribution in [0.1, 0.15) is 16.8 Å². The molecule has 0 bridgehead atoms. The smallest absolute Gasteiger partial charge is 0.236 e. The molecule has 2 N–H and O–H groups in total. The number of hydrogen-bond donors (Lipinski definition) is 2. The molecule has 2 heterocycles. The van der Waals surface area contributed by atoms with Crippen LogP contribution in [0.5, 0.6) is 5.75 Å². The topological polar surface area (TPSA) is 71.7 Å². The van der Waals surface area contributed by atoms with Gasteiger partial charge in [-0.2, -0.15) is 0 Å². The fourth-order valence-corrected chi connectivity index (χ4v) is 3.37. The first-order chi connectivity index (χ1) is 13.2. The summed E-state index contributed by atoms with van der Waals surface area (Å²) in [5.41, 5.74) is 3.24. The number of aryl methyl sites for hydroxylation is 1. The van der Waals surface area contributed by atoms with Gasteiger partial charge in [0.05, 0.1) is 24.2 Å². The third kappa shape index (κ3) is 5.10. The Morgan fingerprint density at radius 1 is 1.30 bits per heavy atom. The highest BCUT2D eigenvalue weighted by molar-refractivity contribution is 7.13. The average Bonchev–Trinajstić information content (AvgIpc) is 3.36. The van der Waals surface area contributed by atoms with E-state index in [9.17, 15) is 0 Å². The molecule has 0 atom stereocenters. The van der Waals surface area contributed by atoms with Gasteiger partial charge >= 0.3 is 0 Å². The zero-order valence-corrected chi connectivity index (χ0v) is 16.6. The molecule has 2 aromatic heterocycles. The summed E-state index contributed by atoms with van der Waals surface area (Å²) in [6.07, 6.45) is 2.52. The van der Waals surface area contributed by atoms with Gasteiger partial charge in [0.2, 0.25) is 5.89 Å². The van der Waals surface area contributed by atoms with Crippen LogP contribution < -0.4 is 15.4 Å². The van der Waals surface area contributed by atoms with Crippen LogP contribution in [0.25, 0.3) is 10.8 Å². The molecule has 3 aromatic rings. The molecule has 0 unspecified atom stereocenters. The second kappa shape index (κ2) is 9.23. The molecule has 0 radical (unpaired) electrons.